The predicted octanol–water partition coefficient (Wildman–Crippen LogP) is 2.28. The lowest BCUT2D eigenvalue weighted by molar-refractivity contribution is 0.143. The summed E-state index contributed by atoms with van der Waals surface area (Å²) in [5.41, 5.74) is 3.53. The maximum Gasteiger partial charge on any atom is 0.213 e. The number of hydrogen-bond acceptors (Lipinski definition) is 4. The van der Waals surface area contributed by atoms with Gasteiger partial charge >= 0.3 is 0 Å². The Balaban J connectivity index is 1.78. The molecule has 0 saturated carbocycles. The number of aliphatic imine (C=N–C) groups is 1. The number of nitrogens with zero attached hydrogens (tertiary/aromatic N) is 2. The number of hydrogen-bond donors (Lipinski definition) is 2. The number of pyridine rings is 1. The Hall–Kier alpha value is -2.60. The van der Waals surface area contributed by atoms with Crippen LogP contribution in [-0.4, -0.2) is 38.3 Å². The third kappa shape index (κ3) is 6.81. The highest BCUT2D eigenvalue weighted by Crippen LogP contribution is 2.07. The highest BCUT2D eigenvalue weighted by atomic mass is 16.5. The maximum absolute atomic E-state index is 5.45. The van der Waals surface area contributed by atoms with E-state index in [9.17, 15) is 0 Å². The van der Waals surface area contributed by atoms with Crippen molar-refractivity contribution in [2.45, 2.75) is 20.0 Å². The topological polar surface area (TPSA) is 67.8 Å². The Labute approximate surface area is 149 Å². The molecule has 1 heterocycles. The van der Waals surface area contributed by atoms with Gasteiger partial charge in [0.1, 0.15) is 6.61 Å². The maximum atomic E-state index is 5.45. The molecule has 0 aliphatic rings. The van der Waals surface area contributed by atoms with E-state index in [0.29, 0.717) is 25.6 Å². The van der Waals surface area contributed by atoms with Crippen LogP contribution in [0.5, 0.6) is 5.88 Å². The van der Waals surface area contributed by atoms with Crippen LogP contribution in [0.25, 0.3) is 0 Å². The van der Waals surface area contributed by atoms with Crippen LogP contribution >= 0.6 is 0 Å². The first kappa shape index (κ1) is 18.7. The van der Waals surface area contributed by atoms with E-state index in [4.69, 9.17) is 9.47 Å². The smallest absolute Gasteiger partial charge is 0.213 e. The summed E-state index contributed by atoms with van der Waals surface area (Å²) in [5.74, 6) is 1.35. The molecule has 0 atom stereocenters. The Bertz CT molecular complexity index is 671. The van der Waals surface area contributed by atoms with Gasteiger partial charge in [0.2, 0.25) is 5.88 Å². The van der Waals surface area contributed by atoms with Crippen molar-refractivity contribution >= 4 is 5.96 Å². The molecule has 0 aliphatic carbocycles. The minimum absolute atomic E-state index is 0.497. The van der Waals surface area contributed by atoms with Gasteiger partial charge in [-0.15, -0.1) is 0 Å². The van der Waals surface area contributed by atoms with Gasteiger partial charge in [-0.05, 0) is 18.1 Å². The summed E-state index contributed by atoms with van der Waals surface area (Å²) in [6.45, 7) is 4.50. The molecule has 1 aromatic carbocycles. The molecule has 6 nitrogen and oxygen atoms in total. The number of rotatable bonds is 8. The van der Waals surface area contributed by atoms with Crippen LogP contribution < -0.4 is 15.4 Å². The standard InChI is InChI=1S/C19H26N4O2/c1-15-5-4-6-16(11-15)12-22-19(20-2)23-14-17-7-8-18(21-13-17)25-10-9-24-3/h4-8,11,13H,9-10,12,14H2,1-3H3,(H2,20,22,23). The van der Waals surface area contributed by atoms with Gasteiger partial charge in [-0.2, -0.15) is 0 Å². The zero-order chi connectivity index (χ0) is 17.9. The molecule has 0 saturated heterocycles. The van der Waals surface area contributed by atoms with E-state index in [1.807, 2.05) is 12.1 Å². The van der Waals surface area contributed by atoms with Crippen molar-refractivity contribution in [3.05, 3.63) is 59.3 Å². The Kier molecular flexibility index (Phi) is 7.72. The fraction of sp³-hybridized carbons (Fsp3) is 0.368. The third-order valence-corrected chi connectivity index (χ3v) is 3.56. The second kappa shape index (κ2) is 10.3. The lowest BCUT2D eigenvalue weighted by atomic mass is 10.1. The van der Waals surface area contributed by atoms with E-state index in [0.717, 1.165) is 18.1 Å². The Morgan fingerprint density at radius 2 is 1.88 bits per heavy atom. The summed E-state index contributed by atoms with van der Waals surface area (Å²) in [7, 11) is 3.40. The number of aryl methyl sites for hydroxylation is 1. The van der Waals surface area contributed by atoms with Crippen LogP contribution in [0, 0.1) is 6.92 Å². The van der Waals surface area contributed by atoms with E-state index in [-0.39, 0.29) is 0 Å². The summed E-state index contributed by atoms with van der Waals surface area (Å²) in [4.78, 5) is 8.52. The number of aromatic nitrogens is 1. The van der Waals surface area contributed by atoms with Crippen molar-refractivity contribution in [1.82, 2.24) is 15.6 Å². The summed E-state index contributed by atoms with van der Waals surface area (Å²) >= 11 is 0. The lowest BCUT2D eigenvalue weighted by Gasteiger charge is -2.12. The molecule has 0 amide bonds. The molecule has 25 heavy (non-hydrogen) atoms. The molecular formula is C19H26N4O2. The zero-order valence-corrected chi connectivity index (χ0v) is 15.1. The number of guanidine groups is 1. The first-order valence-electron chi connectivity index (χ1n) is 8.28. The Morgan fingerprint density at radius 3 is 2.52 bits per heavy atom. The van der Waals surface area contributed by atoms with E-state index in [2.05, 4.69) is 51.8 Å². The lowest BCUT2D eigenvalue weighted by Crippen LogP contribution is -2.36. The van der Waals surface area contributed by atoms with Crippen LogP contribution in [0.3, 0.4) is 0 Å². The average Bonchev–Trinajstić information content (AvgIpc) is 2.63. The molecule has 0 aliphatic heterocycles. The van der Waals surface area contributed by atoms with Crippen molar-refractivity contribution in [2.75, 3.05) is 27.4 Å². The quantitative estimate of drug-likeness (QED) is 0.438. The molecule has 0 unspecified atom stereocenters. The predicted molar refractivity (Wildman–Crippen MR) is 99.8 cm³/mol. The fourth-order valence-corrected chi connectivity index (χ4v) is 2.24. The van der Waals surface area contributed by atoms with E-state index >= 15 is 0 Å². The van der Waals surface area contributed by atoms with Crippen LogP contribution in [0.2, 0.25) is 0 Å². The molecule has 6 heteroatoms. The van der Waals surface area contributed by atoms with Crippen LogP contribution in [0.15, 0.2) is 47.6 Å². The summed E-state index contributed by atoms with van der Waals surface area (Å²) in [5, 5.41) is 6.59. The third-order valence-electron chi connectivity index (χ3n) is 3.56. The fourth-order valence-electron chi connectivity index (χ4n) is 2.24. The first-order chi connectivity index (χ1) is 12.2. The monoisotopic (exact) mass is 342 g/mol. The number of ether oxygens (including phenoxy) is 2. The second-order valence-corrected chi connectivity index (χ2v) is 5.61. The highest BCUT2D eigenvalue weighted by Gasteiger charge is 2.01. The number of benzene rings is 1. The molecule has 2 rings (SSSR count). The zero-order valence-electron chi connectivity index (χ0n) is 15.1. The van der Waals surface area contributed by atoms with Gasteiger partial charge in [0.15, 0.2) is 5.96 Å². The van der Waals surface area contributed by atoms with Gasteiger partial charge in [0.25, 0.3) is 0 Å². The highest BCUT2D eigenvalue weighted by molar-refractivity contribution is 5.79. The van der Waals surface area contributed by atoms with Crippen LogP contribution in [-0.2, 0) is 17.8 Å². The Morgan fingerprint density at radius 1 is 1.08 bits per heavy atom. The van der Waals surface area contributed by atoms with E-state index in [1.54, 1.807) is 20.4 Å². The number of methoxy groups -OCH3 is 1. The molecule has 2 N–H and O–H groups in total. The largest absolute Gasteiger partial charge is 0.475 e. The molecule has 2 aromatic rings. The van der Waals surface area contributed by atoms with Crippen molar-refractivity contribution in [1.29, 1.82) is 0 Å². The minimum Gasteiger partial charge on any atom is -0.475 e. The summed E-state index contributed by atoms with van der Waals surface area (Å²) in [6, 6.07) is 12.2. The van der Waals surface area contributed by atoms with Gasteiger partial charge < -0.3 is 20.1 Å². The SMILES string of the molecule is CN=C(NCc1ccc(OCCOC)nc1)NCc1cccc(C)c1. The van der Waals surface area contributed by atoms with E-state index in [1.165, 1.54) is 11.1 Å². The average molecular weight is 342 g/mol. The van der Waals surface area contributed by atoms with E-state index < -0.39 is 0 Å². The molecule has 0 spiro atoms. The van der Waals surface area contributed by atoms with Crippen molar-refractivity contribution < 1.29 is 9.47 Å². The minimum atomic E-state index is 0.497. The van der Waals surface area contributed by atoms with Crippen molar-refractivity contribution in [3.8, 4) is 5.88 Å². The first-order valence-corrected chi connectivity index (χ1v) is 8.28. The normalized spacial score (nSPS) is 11.2. The second-order valence-electron chi connectivity index (χ2n) is 5.61. The van der Waals surface area contributed by atoms with Crippen molar-refractivity contribution in [3.63, 3.8) is 0 Å². The summed E-state index contributed by atoms with van der Waals surface area (Å²) < 4.78 is 10.4. The van der Waals surface area contributed by atoms with Crippen LogP contribution in [0.1, 0.15) is 16.7 Å². The molecule has 0 radical (unpaired) electrons. The molecule has 0 bridgehead atoms. The number of nitrogens with one attached hydrogen (secondary N) is 2. The van der Waals surface area contributed by atoms with Crippen LogP contribution in [0.4, 0.5) is 0 Å². The van der Waals surface area contributed by atoms with Gasteiger partial charge in [-0.25, -0.2) is 4.98 Å². The molecular weight excluding hydrogens is 316 g/mol. The molecule has 1 aromatic heterocycles. The van der Waals surface area contributed by atoms with Crippen molar-refractivity contribution in [2.24, 2.45) is 4.99 Å². The van der Waals surface area contributed by atoms with Gasteiger partial charge in [0.05, 0.1) is 6.61 Å². The van der Waals surface area contributed by atoms with Gasteiger partial charge in [0, 0.05) is 39.5 Å². The molecule has 0 fully saturated rings. The van der Waals surface area contributed by atoms with Gasteiger partial charge in [-0.1, -0.05) is 35.9 Å². The molecule has 134 valence electrons. The van der Waals surface area contributed by atoms with Gasteiger partial charge in [-0.3, -0.25) is 4.99 Å². The summed E-state index contributed by atoms with van der Waals surface area (Å²) in [6.07, 6.45) is 1.79.